The maximum Gasteiger partial charge on any atom is 0.240 e. The smallest absolute Gasteiger partial charge is 0.240 e. The molecule has 2 aliphatic heterocycles. The van der Waals surface area contributed by atoms with Gasteiger partial charge in [-0.05, 0) is 57.0 Å². The van der Waals surface area contributed by atoms with E-state index >= 15 is 0 Å². The number of carbonyl (C=O) groups excluding carboxylic acids is 1. The van der Waals surface area contributed by atoms with Crippen molar-refractivity contribution in [3.05, 3.63) is 24.3 Å². The second kappa shape index (κ2) is 7.82. The molecule has 1 amide bonds. The minimum absolute atomic E-state index is 0. The molecular formula is C16H24ClN3O3S. The number of amides is 1. The van der Waals surface area contributed by atoms with Gasteiger partial charge in [0.05, 0.1) is 4.90 Å². The molecule has 2 atom stereocenters. The lowest BCUT2D eigenvalue weighted by molar-refractivity contribution is -0.117. The summed E-state index contributed by atoms with van der Waals surface area (Å²) in [5.74, 6) is 0.0980. The highest BCUT2D eigenvalue weighted by molar-refractivity contribution is 7.89. The number of hydrogen-bond donors (Lipinski definition) is 2. The topological polar surface area (TPSA) is 78.5 Å². The first-order chi connectivity index (χ1) is 11.0. The molecular weight excluding hydrogens is 350 g/mol. The Morgan fingerprint density at radius 3 is 2.50 bits per heavy atom. The van der Waals surface area contributed by atoms with Gasteiger partial charge in [0.2, 0.25) is 15.9 Å². The molecule has 3 rings (SSSR count). The van der Waals surface area contributed by atoms with Crippen LogP contribution in [0.5, 0.6) is 0 Å². The second-order valence-electron chi connectivity index (χ2n) is 6.26. The van der Waals surface area contributed by atoms with Crippen LogP contribution in [-0.2, 0) is 14.8 Å². The van der Waals surface area contributed by atoms with Gasteiger partial charge in [-0.3, -0.25) is 4.79 Å². The van der Waals surface area contributed by atoms with Crippen molar-refractivity contribution >= 4 is 34.0 Å². The Morgan fingerprint density at radius 1 is 1.21 bits per heavy atom. The Bertz CT molecular complexity index is 678. The molecule has 0 spiro atoms. The predicted octanol–water partition coefficient (Wildman–Crippen LogP) is 1.65. The maximum absolute atomic E-state index is 12.5. The summed E-state index contributed by atoms with van der Waals surface area (Å²) in [5.41, 5.74) is 0.763. The van der Waals surface area contributed by atoms with Crippen molar-refractivity contribution in [2.24, 2.45) is 0 Å². The monoisotopic (exact) mass is 373 g/mol. The summed E-state index contributed by atoms with van der Waals surface area (Å²) in [7, 11) is -3.54. The third kappa shape index (κ3) is 4.08. The largest absolute Gasteiger partial charge is 0.313 e. The molecule has 2 aliphatic rings. The third-order valence-corrected chi connectivity index (χ3v) is 6.11. The standard InChI is InChI=1S/C16H23N3O3S.ClH/c1-12-15(4-2-10-17-12)18-23(21,22)14-8-6-13(7-9-14)19-11-3-5-16(19)20;/h6-9,12,15,17-18H,2-5,10-11H2,1H3;1H. The lowest BCUT2D eigenvalue weighted by atomic mass is 10.0. The highest BCUT2D eigenvalue weighted by Gasteiger charge is 2.27. The number of nitrogens with zero attached hydrogens (tertiary/aromatic N) is 1. The van der Waals surface area contributed by atoms with E-state index in [1.165, 1.54) is 0 Å². The fourth-order valence-electron chi connectivity index (χ4n) is 3.20. The van der Waals surface area contributed by atoms with Gasteiger partial charge in [-0.2, -0.15) is 0 Å². The summed E-state index contributed by atoms with van der Waals surface area (Å²) in [5, 5.41) is 3.29. The first kappa shape index (κ1) is 19.2. The molecule has 0 saturated carbocycles. The Morgan fingerprint density at radius 2 is 1.92 bits per heavy atom. The third-order valence-electron chi connectivity index (χ3n) is 4.60. The van der Waals surface area contributed by atoms with E-state index in [1.54, 1.807) is 29.2 Å². The van der Waals surface area contributed by atoms with E-state index in [2.05, 4.69) is 10.0 Å². The summed E-state index contributed by atoms with van der Waals surface area (Å²) >= 11 is 0. The van der Waals surface area contributed by atoms with Gasteiger partial charge in [0.15, 0.2) is 0 Å². The number of benzene rings is 1. The Labute approximate surface area is 149 Å². The summed E-state index contributed by atoms with van der Waals surface area (Å²) in [6.45, 7) is 3.63. The van der Waals surface area contributed by atoms with Gasteiger partial charge in [0, 0.05) is 30.7 Å². The molecule has 8 heteroatoms. The molecule has 6 nitrogen and oxygen atoms in total. The molecule has 24 heavy (non-hydrogen) atoms. The summed E-state index contributed by atoms with van der Waals surface area (Å²) in [4.78, 5) is 13.7. The van der Waals surface area contributed by atoms with Crippen LogP contribution in [0.25, 0.3) is 0 Å². The Hall–Kier alpha value is -1.15. The quantitative estimate of drug-likeness (QED) is 0.841. The number of sulfonamides is 1. The van der Waals surface area contributed by atoms with Gasteiger partial charge >= 0.3 is 0 Å². The van der Waals surface area contributed by atoms with Crippen molar-refractivity contribution in [1.29, 1.82) is 0 Å². The molecule has 0 aliphatic carbocycles. The minimum atomic E-state index is -3.54. The summed E-state index contributed by atoms with van der Waals surface area (Å²) < 4.78 is 27.8. The van der Waals surface area contributed by atoms with Crippen molar-refractivity contribution in [2.75, 3.05) is 18.0 Å². The highest BCUT2D eigenvalue weighted by atomic mass is 35.5. The van der Waals surface area contributed by atoms with Crippen LogP contribution in [0.3, 0.4) is 0 Å². The maximum atomic E-state index is 12.5. The number of piperidine rings is 1. The number of hydrogen-bond acceptors (Lipinski definition) is 4. The van der Waals surface area contributed by atoms with Crippen LogP contribution in [0.1, 0.15) is 32.6 Å². The van der Waals surface area contributed by atoms with Gasteiger partial charge in [0.1, 0.15) is 0 Å². The second-order valence-corrected chi connectivity index (χ2v) is 7.97. The van der Waals surface area contributed by atoms with Crippen molar-refractivity contribution in [3.63, 3.8) is 0 Å². The van der Waals surface area contributed by atoms with Crippen LogP contribution in [-0.4, -0.2) is 39.5 Å². The molecule has 1 aromatic carbocycles. The van der Waals surface area contributed by atoms with Crippen LogP contribution < -0.4 is 14.9 Å². The van der Waals surface area contributed by atoms with E-state index in [0.717, 1.165) is 31.5 Å². The fraction of sp³-hybridized carbons (Fsp3) is 0.562. The summed E-state index contributed by atoms with van der Waals surface area (Å²) in [6, 6.07) is 6.60. The van der Waals surface area contributed by atoms with E-state index in [-0.39, 0.29) is 35.3 Å². The van der Waals surface area contributed by atoms with Gasteiger partial charge < -0.3 is 10.2 Å². The number of rotatable bonds is 4. The number of carbonyl (C=O) groups is 1. The zero-order valence-corrected chi connectivity index (χ0v) is 15.3. The zero-order valence-electron chi connectivity index (χ0n) is 13.7. The number of anilines is 1. The molecule has 2 N–H and O–H groups in total. The van der Waals surface area contributed by atoms with Crippen molar-refractivity contribution < 1.29 is 13.2 Å². The molecule has 0 aromatic heterocycles. The van der Waals surface area contributed by atoms with Gasteiger partial charge in [-0.1, -0.05) is 0 Å². The lowest BCUT2D eigenvalue weighted by Gasteiger charge is -2.30. The molecule has 2 fully saturated rings. The van der Waals surface area contributed by atoms with E-state index < -0.39 is 10.0 Å². The molecule has 1 aromatic rings. The SMILES string of the molecule is CC1NCCCC1NS(=O)(=O)c1ccc(N2CCCC2=O)cc1.Cl. The van der Waals surface area contributed by atoms with Crippen LogP contribution in [0, 0.1) is 0 Å². The molecule has 2 heterocycles. The highest BCUT2D eigenvalue weighted by Crippen LogP contribution is 2.23. The van der Waals surface area contributed by atoms with Crippen molar-refractivity contribution in [2.45, 2.75) is 49.6 Å². The van der Waals surface area contributed by atoms with Gasteiger partial charge in [0.25, 0.3) is 0 Å². The average Bonchev–Trinajstić information content (AvgIpc) is 2.96. The van der Waals surface area contributed by atoms with Gasteiger partial charge in [-0.15, -0.1) is 12.4 Å². The summed E-state index contributed by atoms with van der Waals surface area (Å²) in [6.07, 6.45) is 3.22. The Kier molecular flexibility index (Phi) is 6.25. The molecule has 2 saturated heterocycles. The van der Waals surface area contributed by atoms with Crippen LogP contribution in [0.15, 0.2) is 29.2 Å². The minimum Gasteiger partial charge on any atom is -0.313 e. The van der Waals surface area contributed by atoms with Gasteiger partial charge in [-0.25, -0.2) is 13.1 Å². The van der Waals surface area contributed by atoms with Crippen LogP contribution in [0.2, 0.25) is 0 Å². The van der Waals surface area contributed by atoms with E-state index in [9.17, 15) is 13.2 Å². The number of halogens is 1. The van der Waals surface area contributed by atoms with Crippen molar-refractivity contribution in [3.8, 4) is 0 Å². The predicted molar refractivity (Wildman–Crippen MR) is 96.1 cm³/mol. The fourth-order valence-corrected chi connectivity index (χ4v) is 4.55. The first-order valence-electron chi connectivity index (χ1n) is 8.13. The molecule has 0 radical (unpaired) electrons. The van der Waals surface area contributed by atoms with E-state index in [0.29, 0.717) is 13.0 Å². The number of nitrogens with one attached hydrogen (secondary N) is 2. The zero-order chi connectivity index (χ0) is 16.4. The average molecular weight is 374 g/mol. The Balaban J connectivity index is 0.00000208. The molecule has 0 bridgehead atoms. The molecule has 2 unspecified atom stereocenters. The first-order valence-corrected chi connectivity index (χ1v) is 9.62. The van der Waals surface area contributed by atoms with Crippen LogP contribution >= 0.6 is 12.4 Å². The lowest BCUT2D eigenvalue weighted by Crippen LogP contribution is -2.51. The van der Waals surface area contributed by atoms with E-state index in [1.807, 2.05) is 6.92 Å². The van der Waals surface area contributed by atoms with Crippen LogP contribution in [0.4, 0.5) is 5.69 Å². The van der Waals surface area contributed by atoms with Crippen molar-refractivity contribution in [1.82, 2.24) is 10.0 Å². The normalized spacial score (nSPS) is 24.7. The van der Waals surface area contributed by atoms with E-state index in [4.69, 9.17) is 0 Å². The molecule has 134 valence electrons.